The number of hydrogen-bond donors (Lipinski definition) is 1. The lowest BCUT2D eigenvalue weighted by atomic mass is 10.1. The van der Waals surface area contributed by atoms with Crippen LogP contribution in [0.15, 0.2) is 12.4 Å². The summed E-state index contributed by atoms with van der Waals surface area (Å²) in [6.45, 7) is 4.65. The summed E-state index contributed by atoms with van der Waals surface area (Å²) in [6.07, 6.45) is 18.7. The van der Waals surface area contributed by atoms with Crippen molar-refractivity contribution in [3.05, 3.63) is 18.2 Å². The van der Waals surface area contributed by atoms with E-state index in [9.17, 15) is 0 Å². The van der Waals surface area contributed by atoms with Gasteiger partial charge in [0.1, 0.15) is 5.82 Å². The van der Waals surface area contributed by atoms with Gasteiger partial charge in [-0.05, 0) is 31.4 Å². The number of H-pyrrole nitrogens is 1. The first-order valence-electron chi connectivity index (χ1n) is 9.58. The van der Waals surface area contributed by atoms with Crippen LogP contribution < -0.4 is 0 Å². The summed E-state index contributed by atoms with van der Waals surface area (Å²) in [6, 6.07) is 0. The molecule has 2 nitrogen and oxygen atoms in total. The van der Waals surface area contributed by atoms with Crippen molar-refractivity contribution in [1.29, 1.82) is 0 Å². The third kappa shape index (κ3) is 6.74. The van der Waals surface area contributed by atoms with Crippen LogP contribution in [0.4, 0.5) is 0 Å². The van der Waals surface area contributed by atoms with Gasteiger partial charge in [-0.15, -0.1) is 23.5 Å². The number of imidazole rings is 1. The topological polar surface area (TPSA) is 28.7 Å². The molecule has 1 aromatic rings. The quantitative estimate of drug-likeness (QED) is 0.464. The molecular formula is C19H34N2S2. The second-order valence-corrected chi connectivity index (χ2v) is 10.2. The molecule has 2 unspecified atom stereocenters. The lowest BCUT2D eigenvalue weighted by Gasteiger charge is -2.40. The highest BCUT2D eigenvalue weighted by molar-refractivity contribution is 8.19. The van der Waals surface area contributed by atoms with Crippen LogP contribution in [-0.2, 0) is 6.42 Å². The first-order chi connectivity index (χ1) is 11.3. The van der Waals surface area contributed by atoms with Gasteiger partial charge < -0.3 is 4.98 Å². The first-order valence-corrected chi connectivity index (χ1v) is 11.4. The van der Waals surface area contributed by atoms with Crippen molar-refractivity contribution in [1.82, 2.24) is 9.97 Å². The molecule has 0 radical (unpaired) electrons. The number of nitrogens with one attached hydrogen (secondary N) is 1. The van der Waals surface area contributed by atoms with Crippen LogP contribution in [0.2, 0.25) is 0 Å². The molecule has 2 heterocycles. The summed E-state index contributed by atoms with van der Waals surface area (Å²) >= 11 is 4.53. The normalized spacial score (nSPS) is 24.9. The smallest absolute Gasteiger partial charge is 0.106 e. The van der Waals surface area contributed by atoms with E-state index in [2.05, 4.69) is 47.3 Å². The Morgan fingerprint density at radius 1 is 1.17 bits per heavy atom. The lowest BCUT2D eigenvalue weighted by Crippen LogP contribution is -2.30. The van der Waals surface area contributed by atoms with E-state index in [4.69, 9.17) is 0 Å². The zero-order chi connectivity index (χ0) is 16.4. The van der Waals surface area contributed by atoms with Crippen LogP contribution in [0, 0.1) is 0 Å². The van der Waals surface area contributed by atoms with Gasteiger partial charge >= 0.3 is 0 Å². The van der Waals surface area contributed by atoms with Crippen LogP contribution in [0.5, 0.6) is 0 Å². The molecule has 0 amide bonds. The highest BCUT2D eigenvalue weighted by Crippen LogP contribution is 2.52. The minimum atomic E-state index is 0.441. The van der Waals surface area contributed by atoms with Crippen molar-refractivity contribution < 1.29 is 0 Å². The van der Waals surface area contributed by atoms with Crippen molar-refractivity contribution in [3.8, 4) is 0 Å². The van der Waals surface area contributed by atoms with Crippen LogP contribution in [0.1, 0.15) is 83.9 Å². The molecule has 0 aromatic carbocycles. The van der Waals surface area contributed by atoms with Crippen LogP contribution in [0.25, 0.3) is 0 Å². The molecule has 0 bridgehead atoms. The molecule has 0 saturated carbocycles. The van der Waals surface area contributed by atoms with Crippen LogP contribution in [-0.4, -0.2) is 25.0 Å². The molecule has 1 aliphatic rings. The van der Waals surface area contributed by atoms with Crippen molar-refractivity contribution in [3.63, 3.8) is 0 Å². The highest BCUT2D eigenvalue weighted by Gasteiger charge is 2.36. The zero-order valence-electron chi connectivity index (χ0n) is 15.0. The Morgan fingerprint density at radius 3 is 2.74 bits per heavy atom. The number of hydrogen-bond acceptors (Lipinski definition) is 3. The Labute approximate surface area is 151 Å². The van der Waals surface area contributed by atoms with Crippen molar-refractivity contribution >= 4 is 23.5 Å². The minimum absolute atomic E-state index is 0.441. The summed E-state index contributed by atoms with van der Waals surface area (Å²) in [5, 5.41) is 0.868. The largest absolute Gasteiger partial charge is 0.349 e. The third-order valence-corrected chi connectivity index (χ3v) is 8.61. The molecule has 2 atom stereocenters. The molecule has 0 aliphatic carbocycles. The maximum Gasteiger partial charge on any atom is 0.106 e. The monoisotopic (exact) mass is 354 g/mol. The second kappa shape index (κ2) is 10.7. The fraction of sp³-hybridized carbons (Fsp3) is 0.842. The Hall–Kier alpha value is -0.0900. The van der Waals surface area contributed by atoms with E-state index in [0.29, 0.717) is 4.08 Å². The van der Waals surface area contributed by atoms with Gasteiger partial charge in [-0.2, -0.15) is 0 Å². The Kier molecular flexibility index (Phi) is 8.96. The van der Waals surface area contributed by atoms with E-state index in [1.807, 2.05) is 12.4 Å². The number of aryl methyl sites for hydroxylation is 1. The van der Waals surface area contributed by atoms with Crippen molar-refractivity contribution in [2.45, 2.75) is 93.8 Å². The molecule has 132 valence electrons. The fourth-order valence-corrected chi connectivity index (χ4v) is 7.25. The predicted octanol–water partition coefficient (Wildman–Crippen LogP) is 6.44. The molecule has 1 N–H and O–H groups in total. The molecule has 1 aromatic heterocycles. The molecule has 1 aliphatic heterocycles. The SMILES string of the molecule is CCCCCCCCC1(CCc2ncc[nH]2)SCCC(CC)S1. The minimum Gasteiger partial charge on any atom is -0.349 e. The molecule has 0 spiro atoms. The second-order valence-electron chi connectivity index (χ2n) is 6.75. The highest BCUT2D eigenvalue weighted by atomic mass is 32.2. The predicted molar refractivity (Wildman–Crippen MR) is 106 cm³/mol. The summed E-state index contributed by atoms with van der Waals surface area (Å²) in [5.41, 5.74) is 0. The zero-order valence-corrected chi connectivity index (χ0v) is 16.6. The average Bonchev–Trinajstić information content (AvgIpc) is 3.10. The number of rotatable bonds is 11. The van der Waals surface area contributed by atoms with Gasteiger partial charge in [0.2, 0.25) is 0 Å². The van der Waals surface area contributed by atoms with Gasteiger partial charge in [-0.3, -0.25) is 0 Å². The fourth-order valence-electron chi connectivity index (χ4n) is 3.37. The van der Waals surface area contributed by atoms with Gasteiger partial charge in [-0.1, -0.05) is 52.4 Å². The number of aromatic amines is 1. The molecule has 1 saturated heterocycles. The Morgan fingerprint density at radius 2 is 2.00 bits per heavy atom. The van der Waals surface area contributed by atoms with Crippen molar-refractivity contribution in [2.24, 2.45) is 0 Å². The Balaban J connectivity index is 1.83. The number of thioether (sulfide) groups is 2. The van der Waals surface area contributed by atoms with Gasteiger partial charge in [-0.25, -0.2) is 4.98 Å². The van der Waals surface area contributed by atoms with E-state index in [0.717, 1.165) is 17.5 Å². The lowest BCUT2D eigenvalue weighted by molar-refractivity contribution is 0.548. The standard InChI is InChI=1S/C19H34N2S2/c1-3-5-6-7-8-9-12-19(13-10-18-20-14-15-21-18)22-16-11-17(4-2)23-19/h14-15,17H,3-13,16H2,1-2H3,(H,20,21). The molecule has 23 heavy (non-hydrogen) atoms. The first kappa shape index (κ1) is 19.2. The van der Waals surface area contributed by atoms with Gasteiger partial charge in [0.25, 0.3) is 0 Å². The summed E-state index contributed by atoms with van der Waals surface area (Å²) in [7, 11) is 0. The maximum absolute atomic E-state index is 4.43. The van der Waals surface area contributed by atoms with E-state index >= 15 is 0 Å². The van der Waals surface area contributed by atoms with E-state index in [1.165, 1.54) is 70.0 Å². The summed E-state index contributed by atoms with van der Waals surface area (Å²) < 4.78 is 0.441. The van der Waals surface area contributed by atoms with Crippen molar-refractivity contribution in [2.75, 3.05) is 5.75 Å². The van der Waals surface area contributed by atoms with Crippen LogP contribution >= 0.6 is 23.5 Å². The molecule has 2 rings (SSSR count). The van der Waals surface area contributed by atoms with Gasteiger partial charge in [0.15, 0.2) is 0 Å². The number of unbranched alkanes of at least 4 members (excludes halogenated alkanes) is 5. The molecular weight excluding hydrogens is 320 g/mol. The van der Waals surface area contributed by atoms with E-state index in [-0.39, 0.29) is 0 Å². The number of aromatic nitrogens is 2. The van der Waals surface area contributed by atoms with Gasteiger partial charge in [0, 0.05) is 24.1 Å². The molecule has 1 fully saturated rings. The number of nitrogens with zero attached hydrogens (tertiary/aromatic N) is 1. The van der Waals surface area contributed by atoms with E-state index in [1.54, 1.807) is 0 Å². The maximum atomic E-state index is 4.43. The Bertz CT molecular complexity index is 408. The van der Waals surface area contributed by atoms with E-state index < -0.39 is 0 Å². The average molecular weight is 355 g/mol. The third-order valence-electron chi connectivity index (χ3n) is 4.85. The summed E-state index contributed by atoms with van der Waals surface area (Å²) in [4.78, 5) is 7.71. The van der Waals surface area contributed by atoms with Crippen LogP contribution in [0.3, 0.4) is 0 Å². The van der Waals surface area contributed by atoms with Gasteiger partial charge in [0.05, 0.1) is 4.08 Å². The molecule has 4 heteroatoms. The summed E-state index contributed by atoms with van der Waals surface area (Å²) in [5.74, 6) is 2.51.